The molecule has 0 saturated carbocycles. The Labute approximate surface area is 142 Å². The largest absolute Gasteiger partial charge is 0.469 e. The van der Waals surface area contributed by atoms with Gasteiger partial charge in [-0.05, 0) is 18.3 Å². The van der Waals surface area contributed by atoms with Gasteiger partial charge in [-0.15, -0.1) is 0 Å². The van der Waals surface area contributed by atoms with Crippen LogP contribution in [-0.4, -0.2) is 50.1 Å². The molecule has 0 aliphatic heterocycles. The van der Waals surface area contributed by atoms with E-state index in [0.717, 1.165) is 0 Å². The second-order valence-corrected chi connectivity index (χ2v) is 6.15. The fourth-order valence-electron chi connectivity index (χ4n) is 2.23. The van der Waals surface area contributed by atoms with Crippen LogP contribution in [0.3, 0.4) is 0 Å². The minimum Gasteiger partial charge on any atom is -0.469 e. The number of hydrogen-bond acceptors (Lipinski definition) is 6. The summed E-state index contributed by atoms with van der Waals surface area (Å²) >= 11 is 0. The summed E-state index contributed by atoms with van der Waals surface area (Å²) in [5.41, 5.74) is 0. The molecule has 0 aliphatic carbocycles. The summed E-state index contributed by atoms with van der Waals surface area (Å²) in [7, 11) is 2.45. The van der Waals surface area contributed by atoms with Crippen molar-refractivity contribution in [1.29, 1.82) is 0 Å². The molecule has 0 heterocycles. The number of carbonyl (C=O) groups is 4. The highest BCUT2D eigenvalue weighted by atomic mass is 16.5. The van der Waals surface area contributed by atoms with Gasteiger partial charge in [0.25, 0.3) is 0 Å². The van der Waals surface area contributed by atoms with E-state index < -0.39 is 35.8 Å². The molecule has 0 rings (SSSR count). The molecule has 0 spiro atoms. The van der Waals surface area contributed by atoms with Crippen LogP contribution in [0.25, 0.3) is 0 Å². The van der Waals surface area contributed by atoms with E-state index in [1.54, 1.807) is 6.92 Å². The van der Waals surface area contributed by atoms with Crippen molar-refractivity contribution in [2.45, 2.75) is 52.6 Å². The number of carbonyl (C=O) groups excluding carboxylic acids is 4. The normalized spacial score (nSPS) is 14.3. The van der Waals surface area contributed by atoms with Crippen molar-refractivity contribution in [2.24, 2.45) is 11.8 Å². The first-order valence-corrected chi connectivity index (χ1v) is 7.84. The second kappa shape index (κ2) is 10.6. The number of esters is 2. The fourth-order valence-corrected chi connectivity index (χ4v) is 2.23. The standard InChI is InChI=1S/C16H28N2O6/c1-9(2)7-12(17-11(4)19)15(21)18-14(16(22)24-6)10(3)8-13(20)23-5/h9-10,12,14H,7-8H2,1-6H3,(H,17,19)(H,18,21)/t10-,12-,14-/m0/s1. The van der Waals surface area contributed by atoms with Crippen molar-refractivity contribution in [3.8, 4) is 0 Å². The quantitative estimate of drug-likeness (QED) is 0.586. The average Bonchev–Trinajstić information content (AvgIpc) is 2.49. The zero-order valence-corrected chi connectivity index (χ0v) is 15.2. The molecule has 0 bridgehead atoms. The molecule has 24 heavy (non-hydrogen) atoms. The first-order chi connectivity index (χ1) is 11.1. The third kappa shape index (κ3) is 7.94. The summed E-state index contributed by atoms with van der Waals surface area (Å²) in [5, 5.41) is 5.14. The molecule has 0 radical (unpaired) electrons. The highest BCUT2D eigenvalue weighted by Crippen LogP contribution is 2.13. The molecular weight excluding hydrogens is 316 g/mol. The van der Waals surface area contributed by atoms with Gasteiger partial charge in [0.1, 0.15) is 12.1 Å². The van der Waals surface area contributed by atoms with Gasteiger partial charge in [-0.25, -0.2) is 4.79 Å². The van der Waals surface area contributed by atoms with Crippen LogP contribution in [0.2, 0.25) is 0 Å². The number of amides is 2. The molecule has 0 fully saturated rings. The van der Waals surface area contributed by atoms with Crippen LogP contribution in [-0.2, 0) is 28.7 Å². The smallest absolute Gasteiger partial charge is 0.328 e. The Kier molecular flexibility index (Phi) is 9.68. The third-order valence-electron chi connectivity index (χ3n) is 3.44. The van der Waals surface area contributed by atoms with Gasteiger partial charge in [0.2, 0.25) is 11.8 Å². The Morgan fingerprint density at radius 1 is 0.958 bits per heavy atom. The summed E-state index contributed by atoms with van der Waals surface area (Å²) in [6.45, 7) is 6.78. The lowest BCUT2D eigenvalue weighted by Gasteiger charge is -2.26. The Balaban J connectivity index is 5.14. The lowest BCUT2D eigenvalue weighted by molar-refractivity contribution is -0.148. The topological polar surface area (TPSA) is 111 Å². The molecule has 8 nitrogen and oxygen atoms in total. The summed E-state index contributed by atoms with van der Waals surface area (Å²) in [4.78, 5) is 47.1. The number of nitrogens with one attached hydrogen (secondary N) is 2. The van der Waals surface area contributed by atoms with Crippen molar-refractivity contribution in [3.05, 3.63) is 0 Å². The maximum Gasteiger partial charge on any atom is 0.328 e. The van der Waals surface area contributed by atoms with Gasteiger partial charge in [-0.2, -0.15) is 0 Å². The van der Waals surface area contributed by atoms with Crippen LogP contribution in [0.1, 0.15) is 40.5 Å². The van der Waals surface area contributed by atoms with Crippen LogP contribution in [0, 0.1) is 11.8 Å². The van der Waals surface area contributed by atoms with Crippen molar-refractivity contribution in [3.63, 3.8) is 0 Å². The van der Waals surface area contributed by atoms with E-state index in [0.29, 0.717) is 6.42 Å². The number of methoxy groups -OCH3 is 2. The number of hydrogen-bond donors (Lipinski definition) is 2. The predicted molar refractivity (Wildman–Crippen MR) is 86.8 cm³/mol. The minimum atomic E-state index is -1.01. The molecule has 0 unspecified atom stereocenters. The maximum atomic E-state index is 12.5. The van der Waals surface area contributed by atoms with Gasteiger partial charge in [-0.1, -0.05) is 20.8 Å². The average molecular weight is 344 g/mol. The Morgan fingerprint density at radius 2 is 1.54 bits per heavy atom. The van der Waals surface area contributed by atoms with E-state index in [2.05, 4.69) is 15.4 Å². The molecule has 0 aromatic rings. The zero-order valence-electron chi connectivity index (χ0n) is 15.2. The van der Waals surface area contributed by atoms with Crippen LogP contribution < -0.4 is 10.6 Å². The molecule has 3 atom stereocenters. The SMILES string of the molecule is COC(=O)C[C@H](C)[C@H](NC(=O)[C@H](CC(C)C)NC(C)=O)C(=O)OC. The van der Waals surface area contributed by atoms with Crippen molar-refractivity contribution in [2.75, 3.05) is 14.2 Å². The third-order valence-corrected chi connectivity index (χ3v) is 3.44. The van der Waals surface area contributed by atoms with E-state index in [1.807, 2.05) is 13.8 Å². The Morgan fingerprint density at radius 3 is 1.96 bits per heavy atom. The van der Waals surface area contributed by atoms with Crippen LogP contribution in [0.15, 0.2) is 0 Å². The summed E-state index contributed by atoms with van der Waals surface area (Å²) in [5.74, 6) is -2.35. The molecule has 2 N–H and O–H groups in total. The van der Waals surface area contributed by atoms with Crippen LogP contribution in [0.5, 0.6) is 0 Å². The fraction of sp³-hybridized carbons (Fsp3) is 0.750. The Bertz CT molecular complexity index is 463. The van der Waals surface area contributed by atoms with E-state index >= 15 is 0 Å². The monoisotopic (exact) mass is 344 g/mol. The van der Waals surface area contributed by atoms with Gasteiger partial charge in [-0.3, -0.25) is 14.4 Å². The van der Waals surface area contributed by atoms with Crippen molar-refractivity contribution >= 4 is 23.8 Å². The number of rotatable bonds is 9. The molecule has 8 heteroatoms. The van der Waals surface area contributed by atoms with Crippen molar-refractivity contribution in [1.82, 2.24) is 10.6 Å². The van der Waals surface area contributed by atoms with Gasteiger partial charge in [0.15, 0.2) is 0 Å². The van der Waals surface area contributed by atoms with Crippen LogP contribution in [0.4, 0.5) is 0 Å². The Hall–Kier alpha value is -2.12. The van der Waals surface area contributed by atoms with Gasteiger partial charge in [0, 0.05) is 6.92 Å². The van der Waals surface area contributed by atoms with Crippen molar-refractivity contribution < 1.29 is 28.7 Å². The van der Waals surface area contributed by atoms with E-state index in [9.17, 15) is 19.2 Å². The summed E-state index contributed by atoms with van der Waals surface area (Å²) in [6.07, 6.45) is 0.371. The predicted octanol–water partition coefficient (Wildman–Crippen LogP) is 0.394. The lowest BCUT2D eigenvalue weighted by atomic mass is 9.96. The first-order valence-electron chi connectivity index (χ1n) is 7.84. The van der Waals surface area contributed by atoms with Gasteiger partial charge >= 0.3 is 11.9 Å². The molecule has 138 valence electrons. The molecular formula is C16H28N2O6. The van der Waals surface area contributed by atoms with E-state index in [4.69, 9.17) is 4.74 Å². The summed E-state index contributed by atoms with van der Waals surface area (Å²) in [6, 6.07) is -1.77. The highest BCUT2D eigenvalue weighted by molar-refractivity contribution is 5.90. The molecule has 0 aromatic heterocycles. The van der Waals surface area contributed by atoms with Gasteiger partial charge in [0.05, 0.1) is 20.6 Å². The zero-order chi connectivity index (χ0) is 18.9. The second-order valence-electron chi connectivity index (χ2n) is 6.15. The molecule has 0 saturated heterocycles. The van der Waals surface area contributed by atoms with Crippen LogP contribution >= 0.6 is 0 Å². The minimum absolute atomic E-state index is 0.0501. The molecule has 0 aliphatic rings. The molecule has 2 amide bonds. The first kappa shape index (κ1) is 21.9. The van der Waals surface area contributed by atoms with E-state index in [1.165, 1.54) is 21.1 Å². The lowest BCUT2D eigenvalue weighted by Crippen LogP contribution is -2.54. The summed E-state index contributed by atoms with van der Waals surface area (Å²) < 4.78 is 9.28. The highest BCUT2D eigenvalue weighted by Gasteiger charge is 2.32. The number of ether oxygens (including phenoxy) is 2. The molecule has 0 aromatic carbocycles. The maximum absolute atomic E-state index is 12.5. The van der Waals surface area contributed by atoms with E-state index in [-0.39, 0.29) is 18.2 Å². The van der Waals surface area contributed by atoms with Gasteiger partial charge < -0.3 is 20.1 Å².